The second kappa shape index (κ2) is 6.02. The molecule has 0 radical (unpaired) electrons. The number of fused-ring (bicyclic) bond motifs is 1. The molecule has 1 aliphatic heterocycles. The third-order valence-electron chi connectivity index (χ3n) is 3.30. The minimum atomic E-state index is 0. The second-order valence-electron chi connectivity index (χ2n) is 4.84. The Labute approximate surface area is 129 Å². The molecule has 0 saturated heterocycles. The lowest BCUT2D eigenvalue weighted by molar-refractivity contribution is 0.692. The van der Waals surface area contributed by atoms with E-state index in [-0.39, 0.29) is 12.4 Å². The number of nitrogens with zero attached hydrogens (tertiary/aromatic N) is 3. The molecule has 3 nitrogen and oxygen atoms in total. The Morgan fingerprint density at radius 2 is 2.05 bits per heavy atom. The van der Waals surface area contributed by atoms with Crippen molar-refractivity contribution in [1.29, 1.82) is 0 Å². The van der Waals surface area contributed by atoms with Crippen molar-refractivity contribution in [3.8, 4) is 0 Å². The van der Waals surface area contributed by atoms with Crippen LogP contribution in [0, 0.1) is 13.8 Å². The number of hydrogen-bond donors (Lipinski definition) is 0. The van der Waals surface area contributed by atoms with Crippen LogP contribution in [0.2, 0.25) is 0 Å². The average Bonchev–Trinajstić information content (AvgIpc) is 2.57. The van der Waals surface area contributed by atoms with Gasteiger partial charge in [0.1, 0.15) is 5.03 Å². The van der Waals surface area contributed by atoms with Crippen LogP contribution in [-0.4, -0.2) is 27.8 Å². The van der Waals surface area contributed by atoms with Crippen LogP contribution in [0.3, 0.4) is 0 Å². The minimum absolute atomic E-state index is 0. The first kappa shape index (κ1) is 15.1. The summed E-state index contributed by atoms with van der Waals surface area (Å²) >= 11 is 1.85. The Balaban J connectivity index is 0.00000147. The van der Waals surface area contributed by atoms with Gasteiger partial charge in [0.25, 0.3) is 0 Å². The number of aryl methyl sites for hydroxylation is 3. The first-order chi connectivity index (χ1) is 9.16. The molecule has 0 unspecified atom stereocenters. The standard InChI is InChI=1S/C15H17N3S.ClH/c1-10-5-4-6-12(9-10)14-13-11(2)17-18(3)15(13)19-8-7-16-14;/h4-6,9H,7-8H2,1-3H3;1H. The molecule has 1 aliphatic rings. The molecule has 0 N–H and O–H groups in total. The zero-order valence-electron chi connectivity index (χ0n) is 11.9. The van der Waals surface area contributed by atoms with Crippen LogP contribution in [0.1, 0.15) is 22.4 Å². The maximum atomic E-state index is 4.79. The molecule has 0 atom stereocenters. The molecular weight excluding hydrogens is 290 g/mol. The van der Waals surface area contributed by atoms with Crippen molar-refractivity contribution in [2.75, 3.05) is 12.3 Å². The normalized spacial score (nSPS) is 14.1. The highest BCUT2D eigenvalue weighted by atomic mass is 35.5. The van der Waals surface area contributed by atoms with Crippen molar-refractivity contribution in [1.82, 2.24) is 9.78 Å². The van der Waals surface area contributed by atoms with Gasteiger partial charge in [-0.3, -0.25) is 9.67 Å². The van der Waals surface area contributed by atoms with Gasteiger partial charge in [-0.1, -0.05) is 23.8 Å². The second-order valence-corrected chi connectivity index (χ2v) is 5.92. The quantitative estimate of drug-likeness (QED) is 0.808. The number of aromatic nitrogens is 2. The van der Waals surface area contributed by atoms with Crippen LogP contribution in [0.4, 0.5) is 0 Å². The number of benzene rings is 1. The molecule has 0 amide bonds. The fraction of sp³-hybridized carbons (Fsp3) is 0.333. The van der Waals surface area contributed by atoms with Gasteiger partial charge in [0.2, 0.25) is 0 Å². The molecule has 1 aromatic carbocycles. The number of aliphatic imine (C=N–C) groups is 1. The molecule has 5 heteroatoms. The molecular formula is C15H18ClN3S. The predicted octanol–water partition coefficient (Wildman–Crippen LogP) is 3.40. The molecule has 0 spiro atoms. The van der Waals surface area contributed by atoms with E-state index < -0.39 is 0 Å². The zero-order chi connectivity index (χ0) is 13.4. The number of thioether (sulfide) groups is 1. The third kappa shape index (κ3) is 2.63. The monoisotopic (exact) mass is 307 g/mol. The molecule has 106 valence electrons. The summed E-state index contributed by atoms with van der Waals surface area (Å²) in [5.74, 6) is 1.02. The first-order valence-corrected chi connectivity index (χ1v) is 7.43. The van der Waals surface area contributed by atoms with Gasteiger partial charge in [0.15, 0.2) is 0 Å². The number of halogens is 1. The Hall–Kier alpha value is -1.26. The molecule has 1 aromatic heterocycles. The van der Waals surface area contributed by atoms with E-state index in [0.717, 1.165) is 23.7 Å². The van der Waals surface area contributed by atoms with Gasteiger partial charge in [0, 0.05) is 24.9 Å². The summed E-state index contributed by atoms with van der Waals surface area (Å²) in [5.41, 5.74) is 5.82. The Morgan fingerprint density at radius 3 is 2.80 bits per heavy atom. The van der Waals surface area contributed by atoms with Gasteiger partial charge in [-0.15, -0.1) is 24.2 Å². The highest BCUT2D eigenvalue weighted by Crippen LogP contribution is 2.30. The zero-order valence-corrected chi connectivity index (χ0v) is 13.5. The molecule has 0 bridgehead atoms. The van der Waals surface area contributed by atoms with E-state index in [1.54, 1.807) is 0 Å². The SMILES string of the molecule is Cc1cccc(C2=NCCSc3c2c(C)nn3C)c1.Cl. The van der Waals surface area contributed by atoms with E-state index in [1.165, 1.54) is 21.7 Å². The van der Waals surface area contributed by atoms with Crippen LogP contribution >= 0.6 is 24.2 Å². The van der Waals surface area contributed by atoms with Gasteiger partial charge in [-0.25, -0.2) is 0 Å². The summed E-state index contributed by atoms with van der Waals surface area (Å²) in [6.45, 7) is 5.05. The minimum Gasteiger partial charge on any atom is -0.283 e. The summed E-state index contributed by atoms with van der Waals surface area (Å²) in [6, 6.07) is 8.55. The number of hydrogen-bond acceptors (Lipinski definition) is 3. The van der Waals surface area contributed by atoms with Gasteiger partial charge < -0.3 is 0 Å². The third-order valence-corrected chi connectivity index (χ3v) is 4.43. The van der Waals surface area contributed by atoms with Crippen LogP contribution in [0.25, 0.3) is 0 Å². The predicted molar refractivity (Wildman–Crippen MR) is 87.6 cm³/mol. The molecule has 0 aliphatic carbocycles. The lowest BCUT2D eigenvalue weighted by Gasteiger charge is -2.07. The van der Waals surface area contributed by atoms with E-state index in [1.807, 2.05) is 23.5 Å². The van der Waals surface area contributed by atoms with E-state index >= 15 is 0 Å². The maximum Gasteiger partial charge on any atom is 0.103 e. The van der Waals surface area contributed by atoms with Gasteiger partial charge >= 0.3 is 0 Å². The molecule has 0 saturated carbocycles. The summed E-state index contributed by atoms with van der Waals surface area (Å²) in [4.78, 5) is 4.79. The summed E-state index contributed by atoms with van der Waals surface area (Å²) in [6.07, 6.45) is 0. The van der Waals surface area contributed by atoms with E-state index in [0.29, 0.717) is 0 Å². The van der Waals surface area contributed by atoms with Crippen molar-refractivity contribution < 1.29 is 0 Å². The lowest BCUT2D eigenvalue weighted by atomic mass is 10.0. The highest BCUT2D eigenvalue weighted by Gasteiger charge is 2.22. The van der Waals surface area contributed by atoms with Crippen LogP contribution in [0.5, 0.6) is 0 Å². The van der Waals surface area contributed by atoms with Crippen LogP contribution < -0.4 is 0 Å². The topological polar surface area (TPSA) is 30.2 Å². The lowest BCUT2D eigenvalue weighted by Crippen LogP contribution is -2.05. The van der Waals surface area contributed by atoms with Gasteiger partial charge in [-0.05, 0) is 19.9 Å². The maximum absolute atomic E-state index is 4.79. The Kier molecular flexibility index (Phi) is 4.55. The van der Waals surface area contributed by atoms with Crippen LogP contribution in [0.15, 0.2) is 34.3 Å². The molecule has 2 heterocycles. The first-order valence-electron chi connectivity index (χ1n) is 6.45. The molecule has 2 aromatic rings. The highest BCUT2D eigenvalue weighted by molar-refractivity contribution is 7.99. The summed E-state index contributed by atoms with van der Waals surface area (Å²) in [5, 5.41) is 5.78. The molecule has 3 rings (SSSR count). The summed E-state index contributed by atoms with van der Waals surface area (Å²) < 4.78 is 1.98. The Bertz CT molecular complexity index is 661. The van der Waals surface area contributed by atoms with Crippen LogP contribution in [-0.2, 0) is 7.05 Å². The van der Waals surface area contributed by atoms with Crippen molar-refractivity contribution in [2.24, 2.45) is 12.0 Å². The van der Waals surface area contributed by atoms with E-state index in [4.69, 9.17) is 4.99 Å². The fourth-order valence-electron chi connectivity index (χ4n) is 2.48. The number of rotatable bonds is 1. The van der Waals surface area contributed by atoms with E-state index in [9.17, 15) is 0 Å². The smallest absolute Gasteiger partial charge is 0.103 e. The molecule has 20 heavy (non-hydrogen) atoms. The van der Waals surface area contributed by atoms with E-state index in [2.05, 4.69) is 43.2 Å². The summed E-state index contributed by atoms with van der Waals surface area (Å²) in [7, 11) is 2.01. The van der Waals surface area contributed by atoms with Crippen molar-refractivity contribution in [3.63, 3.8) is 0 Å². The van der Waals surface area contributed by atoms with Crippen molar-refractivity contribution >= 4 is 29.9 Å². The fourth-order valence-corrected chi connectivity index (χ4v) is 3.47. The Morgan fingerprint density at radius 1 is 1.25 bits per heavy atom. The largest absolute Gasteiger partial charge is 0.283 e. The van der Waals surface area contributed by atoms with Crippen molar-refractivity contribution in [3.05, 3.63) is 46.6 Å². The van der Waals surface area contributed by atoms with Gasteiger partial charge in [-0.2, -0.15) is 5.10 Å². The molecule has 0 fully saturated rings. The van der Waals surface area contributed by atoms with Gasteiger partial charge in [0.05, 0.1) is 17.0 Å². The van der Waals surface area contributed by atoms with Crippen molar-refractivity contribution in [2.45, 2.75) is 18.9 Å². The average molecular weight is 308 g/mol.